The van der Waals surface area contributed by atoms with Crippen LogP contribution in [0.2, 0.25) is 0 Å². The monoisotopic (exact) mass is 687 g/mol. The molecule has 1 fully saturated rings. The maximum atomic E-state index is 13.2. The minimum atomic E-state index is -0.350. The van der Waals surface area contributed by atoms with Gasteiger partial charge in [-0.05, 0) is 104 Å². The standard InChI is InChI=1S/C31H31Br2NO5S/c1-5-37-25-16-22(27(32)28(33)29(25)39-18-21-9-7-6-8-10-21)17-26-30(35)34(31(36)40-26)13-14-38-24-15-20(4)11-12-23(24)19(2)3/h6-12,15-17,19H,5,13-14,18H2,1-4H3/b26-17-. The molecule has 4 rings (SSSR count). The number of thioether (sulfide) groups is 1. The largest absolute Gasteiger partial charge is 0.491 e. The second-order valence-electron chi connectivity index (χ2n) is 9.51. The summed E-state index contributed by atoms with van der Waals surface area (Å²) in [5.41, 5.74) is 3.90. The number of nitrogens with zero attached hydrogens (tertiary/aromatic N) is 1. The first-order valence-corrected chi connectivity index (χ1v) is 15.4. The summed E-state index contributed by atoms with van der Waals surface area (Å²) in [6.45, 7) is 9.29. The van der Waals surface area contributed by atoms with Crippen LogP contribution in [-0.4, -0.2) is 35.8 Å². The number of halogens is 2. The number of amides is 2. The molecule has 0 radical (unpaired) electrons. The van der Waals surface area contributed by atoms with Crippen molar-refractivity contribution in [1.29, 1.82) is 0 Å². The Balaban J connectivity index is 1.50. The number of ether oxygens (including phenoxy) is 3. The van der Waals surface area contributed by atoms with Gasteiger partial charge in [0.05, 0.1) is 22.5 Å². The fourth-order valence-electron chi connectivity index (χ4n) is 4.16. The topological polar surface area (TPSA) is 65.1 Å². The quantitative estimate of drug-likeness (QED) is 0.188. The van der Waals surface area contributed by atoms with Gasteiger partial charge in [0.25, 0.3) is 11.1 Å². The van der Waals surface area contributed by atoms with E-state index in [0.29, 0.717) is 50.0 Å². The van der Waals surface area contributed by atoms with E-state index in [2.05, 4.69) is 57.8 Å². The molecular weight excluding hydrogens is 658 g/mol. The van der Waals surface area contributed by atoms with Gasteiger partial charge >= 0.3 is 0 Å². The van der Waals surface area contributed by atoms with Crippen LogP contribution in [0, 0.1) is 6.92 Å². The van der Waals surface area contributed by atoms with Crippen LogP contribution in [0.15, 0.2) is 68.4 Å². The van der Waals surface area contributed by atoms with E-state index in [1.165, 1.54) is 4.90 Å². The Kier molecular flexibility index (Phi) is 10.4. The molecule has 1 heterocycles. The third-order valence-electron chi connectivity index (χ3n) is 6.21. The lowest BCUT2D eigenvalue weighted by atomic mass is 10.0. The first-order valence-electron chi connectivity index (χ1n) is 13.0. The Bertz CT molecular complexity index is 1420. The van der Waals surface area contributed by atoms with E-state index in [1.807, 2.05) is 50.2 Å². The fourth-order valence-corrected chi connectivity index (χ4v) is 5.96. The number of hydrogen-bond donors (Lipinski definition) is 0. The molecule has 6 nitrogen and oxygen atoms in total. The minimum absolute atomic E-state index is 0.162. The Morgan fingerprint density at radius 2 is 1.70 bits per heavy atom. The molecule has 0 N–H and O–H groups in total. The maximum Gasteiger partial charge on any atom is 0.293 e. The van der Waals surface area contributed by atoms with E-state index in [1.54, 1.807) is 12.1 Å². The highest BCUT2D eigenvalue weighted by molar-refractivity contribution is 9.13. The van der Waals surface area contributed by atoms with Crippen LogP contribution in [0.4, 0.5) is 4.79 Å². The van der Waals surface area contributed by atoms with E-state index >= 15 is 0 Å². The fraction of sp³-hybridized carbons (Fsp3) is 0.290. The predicted octanol–water partition coefficient (Wildman–Crippen LogP) is 8.74. The molecule has 0 aromatic heterocycles. The average molecular weight is 689 g/mol. The normalized spacial score (nSPS) is 14.4. The molecule has 0 bridgehead atoms. The Morgan fingerprint density at radius 1 is 0.950 bits per heavy atom. The molecule has 0 unspecified atom stereocenters. The molecule has 40 heavy (non-hydrogen) atoms. The zero-order chi connectivity index (χ0) is 28.8. The zero-order valence-corrected chi connectivity index (χ0v) is 26.8. The molecule has 0 saturated carbocycles. The molecule has 210 valence electrons. The highest BCUT2D eigenvalue weighted by atomic mass is 79.9. The van der Waals surface area contributed by atoms with E-state index in [4.69, 9.17) is 14.2 Å². The number of imide groups is 1. The Hall–Kier alpha value is -2.75. The highest BCUT2D eigenvalue weighted by Crippen LogP contribution is 2.45. The Labute approximate surface area is 256 Å². The third kappa shape index (κ3) is 7.11. The predicted molar refractivity (Wildman–Crippen MR) is 167 cm³/mol. The molecule has 3 aromatic carbocycles. The number of carbonyl (C=O) groups excluding carboxylic acids is 2. The molecule has 1 aliphatic rings. The van der Waals surface area contributed by atoms with Crippen LogP contribution in [0.3, 0.4) is 0 Å². The van der Waals surface area contributed by atoms with Crippen molar-refractivity contribution in [2.24, 2.45) is 0 Å². The van der Waals surface area contributed by atoms with Crippen molar-refractivity contribution in [2.75, 3.05) is 19.8 Å². The summed E-state index contributed by atoms with van der Waals surface area (Å²) in [7, 11) is 0. The highest BCUT2D eigenvalue weighted by Gasteiger charge is 2.35. The molecule has 1 saturated heterocycles. The SMILES string of the molecule is CCOc1cc(/C=C2\SC(=O)N(CCOc3cc(C)ccc3C(C)C)C2=O)c(Br)c(Br)c1OCc1ccccc1. The average Bonchev–Trinajstić information content (AvgIpc) is 3.19. The lowest BCUT2D eigenvalue weighted by molar-refractivity contribution is -0.123. The summed E-state index contributed by atoms with van der Waals surface area (Å²) in [4.78, 5) is 27.5. The summed E-state index contributed by atoms with van der Waals surface area (Å²) in [5, 5.41) is -0.323. The molecule has 0 spiro atoms. The van der Waals surface area contributed by atoms with Crippen molar-refractivity contribution >= 4 is 60.8 Å². The number of rotatable bonds is 11. The first kappa shape index (κ1) is 30.2. The van der Waals surface area contributed by atoms with Crippen LogP contribution in [0.25, 0.3) is 6.08 Å². The molecular formula is C31H31Br2NO5S. The van der Waals surface area contributed by atoms with Crippen molar-refractivity contribution in [3.05, 3.63) is 90.7 Å². The Morgan fingerprint density at radius 3 is 2.40 bits per heavy atom. The van der Waals surface area contributed by atoms with E-state index in [-0.39, 0.29) is 24.3 Å². The van der Waals surface area contributed by atoms with Crippen LogP contribution < -0.4 is 14.2 Å². The minimum Gasteiger partial charge on any atom is -0.491 e. The molecule has 1 aliphatic heterocycles. The number of benzene rings is 3. The van der Waals surface area contributed by atoms with E-state index in [0.717, 1.165) is 34.2 Å². The van der Waals surface area contributed by atoms with Crippen molar-refractivity contribution in [2.45, 2.75) is 40.2 Å². The maximum absolute atomic E-state index is 13.2. The number of aryl methyl sites for hydroxylation is 1. The molecule has 0 aliphatic carbocycles. The van der Waals surface area contributed by atoms with Gasteiger partial charge in [0.1, 0.15) is 19.0 Å². The molecule has 0 atom stereocenters. The van der Waals surface area contributed by atoms with Gasteiger partial charge in [0, 0.05) is 4.47 Å². The summed E-state index contributed by atoms with van der Waals surface area (Å²) in [5.74, 6) is 1.82. The van der Waals surface area contributed by atoms with Gasteiger partial charge < -0.3 is 14.2 Å². The summed E-state index contributed by atoms with van der Waals surface area (Å²) >= 11 is 8.16. The van der Waals surface area contributed by atoms with Gasteiger partial charge in [-0.25, -0.2) is 0 Å². The lowest BCUT2D eigenvalue weighted by Gasteiger charge is -2.17. The molecule has 2 amide bonds. The van der Waals surface area contributed by atoms with Gasteiger partial charge in [-0.15, -0.1) is 0 Å². The number of hydrogen-bond acceptors (Lipinski definition) is 6. The van der Waals surface area contributed by atoms with Crippen molar-refractivity contribution in [3.8, 4) is 17.2 Å². The first-order chi connectivity index (χ1) is 19.2. The van der Waals surface area contributed by atoms with E-state index < -0.39 is 0 Å². The molecule has 9 heteroatoms. The van der Waals surface area contributed by atoms with Crippen molar-refractivity contribution < 1.29 is 23.8 Å². The smallest absolute Gasteiger partial charge is 0.293 e. The van der Waals surface area contributed by atoms with Crippen molar-refractivity contribution in [3.63, 3.8) is 0 Å². The third-order valence-corrected chi connectivity index (χ3v) is 9.26. The lowest BCUT2D eigenvalue weighted by Crippen LogP contribution is -2.32. The van der Waals surface area contributed by atoms with Gasteiger partial charge in [0.2, 0.25) is 0 Å². The van der Waals surface area contributed by atoms with Crippen LogP contribution >= 0.6 is 43.6 Å². The van der Waals surface area contributed by atoms with Crippen LogP contribution in [0.1, 0.15) is 48.9 Å². The van der Waals surface area contributed by atoms with Gasteiger partial charge in [-0.1, -0.05) is 56.3 Å². The van der Waals surface area contributed by atoms with E-state index in [9.17, 15) is 9.59 Å². The zero-order valence-electron chi connectivity index (χ0n) is 22.8. The molecule has 3 aromatic rings. The second-order valence-corrected chi connectivity index (χ2v) is 12.1. The van der Waals surface area contributed by atoms with Crippen LogP contribution in [-0.2, 0) is 11.4 Å². The van der Waals surface area contributed by atoms with Gasteiger partial charge in [-0.2, -0.15) is 0 Å². The second kappa shape index (κ2) is 13.7. The summed E-state index contributed by atoms with van der Waals surface area (Å²) in [6, 6.07) is 17.8. The van der Waals surface area contributed by atoms with Crippen LogP contribution in [0.5, 0.6) is 17.2 Å². The van der Waals surface area contributed by atoms with Gasteiger partial charge in [-0.3, -0.25) is 14.5 Å². The summed E-state index contributed by atoms with van der Waals surface area (Å²) in [6.07, 6.45) is 1.70. The number of carbonyl (C=O) groups is 2. The summed E-state index contributed by atoms with van der Waals surface area (Å²) < 4.78 is 19.3. The van der Waals surface area contributed by atoms with Crippen molar-refractivity contribution in [1.82, 2.24) is 4.90 Å². The van der Waals surface area contributed by atoms with Gasteiger partial charge in [0.15, 0.2) is 11.5 Å².